The first kappa shape index (κ1) is 23.2. The molecule has 4 aliphatic rings. The highest BCUT2D eigenvalue weighted by Gasteiger charge is 2.42. The Bertz CT molecular complexity index is 1830. The summed E-state index contributed by atoms with van der Waals surface area (Å²) in [5, 5.41) is 0. The molecule has 8 nitrogen and oxygen atoms in total. The van der Waals surface area contributed by atoms with Gasteiger partial charge in [0.15, 0.2) is 0 Å². The van der Waals surface area contributed by atoms with Gasteiger partial charge in [-0.2, -0.15) is 0 Å². The summed E-state index contributed by atoms with van der Waals surface area (Å²) in [5.41, 5.74) is -6.42. The smallest absolute Gasteiger partial charge is 0.0760 e. The molecule has 4 fully saturated rings. The highest BCUT2D eigenvalue weighted by molar-refractivity contribution is 4.95. The van der Waals surface area contributed by atoms with Gasteiger partial charge in [0.2, 0.25) is 0 Å². The van der Waals surface area contributed by atoms with Gasteiger partial charge >= 0.3 is 0 Å². The Morgan fingerprint density at radius 3 is 1.48 bits per heavy atom. The Hall–Kier alpha value is -0.320. The van der Waals surface area contributed by atoms with Crippen LogP contribution in [0.1, 0.15) is 199 Å². The summed E-state index contributed by atoms with van der Waals surface area (Å²) in [6.07, 6.45) is -6.35. The normalized spacial score (nSPS) is 49.0. The third-order valence-electron chi connectivity index (χ3n) is 8.74. The summed E-state index contributed by atoms with van der Waals surface area (Å²) in [7, 11) is 0. The van der Waals surface area contributed by atoms with Gasteiger partial charge in [-0.25, -0.2) is 0 Å². The second-order valence-corrected chi connectivity index (χ2v) is 18.7. The van der Waals surface area contributed by atoms with E-state index in [2.05, 4.69) is 25.7 Å². The van der Waals surface area contributed by atoms with Crippen molar-refractivity contribution in [3.8, 4) is 0 Å². The van der Waals surface area contributed by atoms with E-state index in [0.717, 1.165) is 11.4 Å². The first-order valence-corrected chi connectivity index (χ1v) is 18.4. The maximum absolute atomic E-state index is 8.03. The summed E-state index contributed by atoms with van der Waals surface area (Å²) in [6.45, 7) is 12.2. The molecule has 0 aromatic heterocycles. The average Bonchev–Trinajstić information content (AvgIpc) is 3.10. The van der Waals surface area contributed by atoms with Gasteiger partial charge in [-0.05, 0) is 166 Å². The predicted octanol–water partition coefficient (Wildman–Crippen LogP) is 9.13. The van der Waals surface area contributed by atoms with E-state index in [1.807, 2.05) is 27.7 Å². The maximum Gasteiger partial charge on any atom is 0.0760 e. The van der Waals surface area contributed by atoms with Crippen LogP contribution in [0.15, 0.2) is 0 Å². The van der Waals surface area contributed by atoms with Gasteiger partial charge in [-0.15, -0.1) is 0 Å². The first-order valence-electron chi connectivity index (χ1n) is 30.4. The van der Waals surface area contributed by atoms with Gasteiger partial charge in [0.25, 0.3) is 0 Å². The highest BCUT2D eigenvalue weighted by atomic mass is 16.5. The monoisotopic (exact) mass is 765 g/mol. The van der Waals surface area contributed by atoms with Crippen LogP contribution in [0.2, 0.25) is 0 Å². The van der Waals surface area contributed by atoms with E-state index in [4.69, 9.17) is 51.8 Å². The van der Waals surface area contributed by atoms with Crippen LogP contribution in [0, 0.1) is 0 Å². The molecule has 4 saturated heterocycles. The Morgan fingerprint density at radius 1 is 0.558 bits per heavy atom. The molecule has 0 aromatic carbocycles. The lowest BCUT2D eigenvalue weighted by molar-refractivity contribution is -0.194. The van der Waals surface area contributed by atoms with Crippen LogP contribution in [0.5, 0.6) is 0 Å². The number of nitrogens with zero attached hydrogens (tertiary/aromatic N) is 4. The van der Waals surface area contributed by atoms with Crippen molar-refractivity contribution in [1.29, 1.82) is 0 Å². The predicted molar refractivity (Wildman–Crippen MR) is 224 cm³/mol. The van der Waals surface area contributed by atoms with Gasteiger partial charge in [-0.1, -0.05) is 0 Å². The molecule has 0 radical (unpaired) electrons. The molecule has 4 rings (SSSR count). The Morgan fingerprint density at radius 2 is 1.06 bits per heavy atom. The quantitative estimate of drug-likeness (QED) is 0.242. The second-order valence-electron chi connectivity index (χ2n) is 18.7. The highest BCUT2D eigenvalue weighted by Crippen LogP contribution is 2.32. The molecule has 0 N–H and O–H groups in total. The molecular formula is C44H92N4O4. The zero-order valence-electron chi connectivity index (χ0n) is 59.7. The van der Waals surface area contributed by atoms with E-state index in [1.165, 1.54) is 20.8 Å². The summed E-state index contributed by atoms with van der Waals surface area (Å²) < 4.78 is 207. The van der Waals surface area contributed by atoms with Crippen molar-refractivity contribution in [3.63, 3.8) is 0 Å². The van der Waals surface area contributed by atoms with Gasteiger partial charge in [0.1, 0.15) is 0 Å². The lowest BCUT2D eigenvalue weighted by Crippen LogP contribution is -2.63. The van der Waals surface area contributed by atoms with Crippen molar-refractivity contribution < 1.29 is 51.8 Å². The van der Waals surface area contributed by atoms with Crippen LogP contribution in [0.3, 0.4) is 0 Å². The molecule has 52 heavy (non-hydrogen) atoms. The van der Waals surface area contributed by atoms with Crippen molar-refractivity contribution in [2.24, 2.45) is 0 Å². The minimum atomic E-state index is -3.01. The van der Waals surface area contributed by atoms with Crippen molar-refractivity contribution in [2.75, 3.05) is 39.2 Å². The number of ether oxygens (including phenoxy) is 4. The summed E-state index contributed by atoms with van der Waals surface area (Å²) in [4.78, 5) is 6.46. The van der Waals surface area contributed by atoms with Crippen molar-refractivity contribution >= 4 is 0 Å². The zero-order valence-corrected chi connectivity index (χ0v) is 35.7. The molecule has 8 heteroatoms. The maximum atomic E-state index is 8.03. The third-order valence-corrected chi connectivity index (χ3v) is 8.74. The molecule has 0 bridgehead atoms. The minimum absolute atomic E-state index is 0.00153. The zero-order chi connectivity index (χ0) is 61.4. The molecule has 9 atom stereocenters. The lowest BCUT2D eigenvalue weighted by atomic mass is 9.94. The molecule has 4 heterocycles. The van der Waals surface area contributed by atoms with Crippen LogP contribution in [-0.4, -0.2) is 141 Å². The van der Waals surface area contributed by atoms with E-state index in [-0.39, 0.29) is 18.2 Å². The van der Waals surface area contributed by atoms with Crippen LogP contribution in [0.25, 0.3) is 0 Å². The Kier molecular flexibility index (Phi) is 8.36. The second kappa shape index (κ2) is 18.7. The topological polar surface area (TPSA) is 49.9 Å². The molecule has 0 saturated carbocycles. The van der Waals surface area contributed by atoms with E-state index < -0.39 is 131 Å². The molecule has 9 unspecified atom stereocenters. The molecule has 0 aromatic rings. The fourth-order valence-corrected chi connectivity index (χ4v) is 6.14. The average molecular weight is 765 g/mol. The molecular weight excluding hydrogens is 649 g/mol. The van der Waals surface area contributed by atoms with Crippen molar-refractivity contribution in [3.05, 3.63) is 0 Å². The lowest BCUT2D eigenvalue weighted by Gasteiger charge is -2.52. The van der Waals surface area contributed by atoms with Gasteiger partial charge < -0.3 is 18.9 Å². The molecule has 4 aliphatic heterocycles. The molecule has 0 spiro atoms. The van der Waals surface area contributed by atoms with E-state index in [9.17, 15) is 0 Å². The van der Waals surface area contributed by atoms with Crippen LogP contribution in [-0.2, 0) is 18.9 Å². The van der Waals surface area contributed by atoms with Crippen molar-refractivity contribution in [2.45, 2.75) is 248 Å². The number of morpholine rings is 4. The molecule has 312 valence electrons. The Balaban J connectivity index is 0.000000512. The van der Waals surface area contributed by atoms with Crippen molar-refractivity contribution in [1.82, 2.24) is 19.6 Å². The van der Waals surface area contributed by atoms with E-state index in [0.29, 0.717) is 6.54 Å². The fraction of sp³-hybridized carbons (Fsp3) is 1.00. The van der Waals surface area contributed by atoms with Crippen LogP contribution < -0.4 is 0 Å². The number of hydrogen-bond acceptors (Lipinski definition) is 8. The standard InChI is InChI=1S/2C12H25NO.2C10H21NO/c1-10(2,3)13-8-11(4,5)14-12(6,7)9-13;1-8-10(3)14-11(4)9(2)13(8)12(5,6)7;2*1-8-6-11(10(3,4)5)7-9(2)12-8/h8-9H2,1-7H3;8-11H,1-7H3;2*8-9H,6-7H2,1-5H3/i4D3,5D3,6D3;1D3,4D3;6D2,7D2,8D,9D;1D3. The summed E-state index contributed by atoms with van der Waals surface area (Å²) >= 11 is 0. The number of hydrogen-bond donors (Lipinski definition) is 0. The van der Waals surface area contributed by atoms with E-state index >= 15 is 0 Å². The van der Waals surface area contributed by atoms with Gasteiger partial charge in [-0.3, -0.25) is 19.6 Å². The van der Waals surface area contributed by atoms with Crippen LogP contribution >= 0.6 is 0 Å². The third kappa shape index (κ3) is 16.8. The largest absolute Gasteiger partial charge is 0.373 e. The summed E-state index contributed by atoms with van der Waals surface area (Å²) in [6, 6.07) is -1.31. The van der Waals surface area contributed by atoms with E-state index in [1.54, 1.807) is 65.2 Å². The van der Waals surface area contributed by atoms with Gasteiger partial charge in [0.05, 0.1) is 50.5 Å². The van der Waals surface area contributed by atoms with Crippen LogP contribution in [0.4, 0.5) is 0 Å². The minimum Gasteiger partial charge on any atom is -0.373 e. The Labute approximate surface area is 359 Å². The summed E-state index contributed by atoms with van der Waals surface area (Å²) in [5.74, 6) is 0. The first-order chi connectivity index (χ1) is 32.6. The molecule has 0 aliphatic carbocycles. The fourth-order valence-electron chi connectivity index (χ4n) is 6.14. The SMILES string of the molecule is [2H]C([2H])([2H])C1(C)CN(C(C)(C)C)CC(C([2H])([2H])[2H])(C([2H])([2H])[2H])O1.[2H]C([2H])([2H])C1CN(C(C)(C)C)CC(C)O1.[2H]C([2H])([2H])C1OC(C)C(C([2H])([2H])[2H])N(C(C)(C)C)C1C.[2H]C1(C)OC([2H])(C)C([2H])([2H])N(C(C)(C)C)C1([2H])[2H]. The van der Waals surface area contributed by atoms with Gasteiger partial charge in [0, 0.05) is 104 Å². The number of rotatable bonds is 0. The molecule has 0 amide bonds.